The molecule has 8 heteroatoms. The molecule has 0 aliphatic rings. The maximum absolute atomic E-state index is 13.2. The minimum absolute atomic E-state index is 0.0366. The predicted molar refractivity (Wildman–Crippen MR) is 127 cm³/mol. The first-order valence-electron chi connectivity index (χ1n) is 10.1. The monoisotopic (exact) mass is 484 g/mol. The van der Waals surface area contributed by atoms with Crippen molar-refractivity contribution in [2.24, 2.45) is 0 Å². The second-order valence-corrected chi connectivity index (χ2v) is 9.29. The van der Waals surface area contributed by atoms with Crippen molar-refractivity contribution < 1.29 is 14.0 Å². The Morgan fingerprint density at radius 2 is 1.81 bits per heavy atom. The Balaban J connectivity index is 2.16. The van der Waals surface area contributed by atoms with Gasteiger partial charge < -0.3 is 10.2 Å². The van der Waals surface area contributed by atoms with Crippen LogP contribution in [-0.4, -0.2) is 34.6 Å². The van der Waals surface area contributed by atoms with E-state index in [-0.39, 0.29) is 36.0 Å². The number of amides is 2. The zero-order valence-electron chi connectivity index (χ0n) is 17.8. The largest absolute Gasteiger partial charge is 0.352 e. The average molecular weight is 485 g/mol. The van der Waals surface area contributed by atoms with E-state index in [1.165, 1.54) is 23.9 Å². The van der Waals surface area contributed by atoms with Crippen LogP contribution in [0.1, 0.15) is 38.3 Å². The fourth-order valence-corrected chi connectivity index (χ4v) is 4.39. The molecule has 0 spiro atoms. The van der Waals surface area contributed by atoms with E-state index in [0.717, 1.165) is 11.1 Å². The van der Waals surface area contributed by atoms with E-state index < -0.39 is 6.04 Å². The molecule has 1 N–H and O–H groups in total. The second-order valence-electron chi connectivity index (χ2n) is 7.46. The van der Waals surface area contributed by atoms with Crippen LogP contribution in [0, 0.1) is 5.82 Å². The number of hydrogen-bond acceptors (Lipinski definition) is 3. The molecule has 168 valence electrons. The molecule has 0 saturated carbocycles. The first kappa shape index (κ1) is 25.5. The highest BCUT2D eigenvalue weighted by Crippen LogP contribution is 2.24. The lowest BCUT2D eigenvalue weighted by molar-refractivity contribution is -0.139. The maximum atomic E-state index is 13.2. The number of hydrogen-bond donors (Lipinski definition) is 1. The Bertz CT molecular complexity index is 894. The summed E-state index contributed by atoms with van der Waals surface area (Å²) in [4.78, 5) is 27.5. The maximum Gasteiger partial charge on any atom is 0.243 e. The molecule has 1 atom stereocenters. The minimum Gasteiger partial charge on any atom is -0.352 e. The quantitative estimate of drug-likeness (QED) is 0.470. The minimum atomic E-state index is -0.618. The summed E-state index contributed by atoms with van der Waals surface area (Å²) in [5, 5.41) is 3.85. The van der Waals surface area contributed by atoms with Crippen molar-refractivity contribution in [2.75, 3.05) is 5.75 Å². The first-order valence-corrected chi connectivity index (χ1v) is 12.0. The lowest BCUT2D eigenvalue weighted by Crippen LogP contribution is -2.51. The molecular weight excluding hydrogens is 458 g/mol. The van der Waals surface area contributed by atoms with Crippen LogP contribution in [0.15, 0.2) is 42.5 Å². The van der Waals surface area contributed by atoms with Crippen LogP contribution in [0.5, 0.6) is 0 Å². The standard InChI is InChI=1S/C23H27Cl2FN2O2S/c1-4-21(23(30)27-15(2)3)28(12-17-7-8-18(24)11-20(17)25)22(29)14-31-13-16-5-9-19(26)10-6-16/h5-11,15,21H,4,12-14H2,1-3H3,(H,27,30). The lowest BCUT2D eigenvalue weighted by atomic mass is 10.1. The molecule has 0 bridgehead atoms. The number of carbonyl (C=O) groups is 2. The number of halogens is 3. The van der Waals surface area contributed by atoms with E-state index in [2.05, 4.69) is 5.32 Å². The molecule has 0 aromatic heterocycles. The number of rotatable bonds is 10. The Labute approximate surface area is 197 Å². The van der Waals surface area contributed by atoms with E-state index >= 15 is 0 Å². The topological polar surface area (TPSA) is 49.4 Å². The summed E-state index contributed by atoms with van der Waals surface area (Å²) >= 11 is 13.7. The van der Waals surface area contributed by atoms with E-state index in [1.807, 2.05) is 20.8 Å². The van der Waals surface area contributed by atoms with Gasteiger partial charge in [0.2, 0.25) is 11.8 Å². The van der Waals surface area contributed by atoms with Crippen molar-refractivity contribution in [2.45, 2.75) is 51.6 Å². The fourth-order valence-electron chi connectivity index (χ4n) is 3.05. The Morgan fingerprint density at radius 3 is 2.39 bits per heavy atom. The predicted octanol–water partition coefficient (Wildman–Crippen LogP) is 5.70. The van der Waals surface area contributed by atoms with Crippen molar-refractivity contribution in [1.29, 1.82) is 0 Å². The molecule has 2 aromatic rings. The third-order valence-corrected chi connectivity index (χ3v) is 6.16. The van der Waals surface area contributed by atoms with Crippen molar-refractivity contribution in [3.63, 3.8) is 0 Å². The summed E-state index contributed by atoms with van der Waals surface area (Å²) in [5.41, 5.74) is 1.65. The SMILES string of the molecule is CCC(C(=O)NC(C)C)N(Cc1ccc(Cl)cc1Cl)C(=O)CSCc1ccc(F)cc1. The average Bonchev–Trinajstić information content (AvgIpc) is 2.70. The van der Waals surface area contributed by atoms with Gasteiger partial charge in [-0.3, -0.25) is 9.59 Å². The molecule has 0 aliphatic heterocycles. The third-order valence-electron chi connectivity index (χ3n) is 4.58. The fraction of sp³-hybridized carbons (Fsp3) is 0.391. The normalized spacial score (nSPS) is 12.0. The molecule has 0 saturated heterocycles. The van der Waals surface area contributed by atoms with Gasteiger partial charge in [0.25, 0.3) is 0 Å². The van der Waals surface area contributed by atoms with Crippen LogP contribution < -0.4 is 5.32 Å². The Hall–Kier alpha value is -1.76. The van der Waals surface area contributed by atoms with E-state index in [9.17, 15) is 14.0 Å². The smallest absolute Gasteiger partial charge is 0.243 e. The van der Waals surface area contributed by atoms with Crippen LogP contribution in [0.4, 0.5) is 4.39 Å². The van der Waals surface area contributed by atoms with Crippen LogP contribution in [0.25, 0.3) is 0 Å². The molecule has 0 fully saturated rings. The van der Waals surface area contributed by atoms with Gasteiger partial charge in [0.15, 0.2) is 0 Å². The van der Waals surface area contributed by atoms with Gasteiger partial charge in [-0.2, -0.15) is 0 Å². The lowest BCUT2D eigenvalue weighted by Gasteiger charge is -2.31. The highest BCUT2D eigenvalue weighted by atomic mass is 35.5. The van der Waals surface area contributed by atoms with Gasteiger partial charge in [0.05, 0.1) is 5.75 Å². The number of nitrogens with one attached hydrogen (secondary N) is 1. The highest BCUT2D eigenvalue weighted by molar-refractivity contribution is 7.99. The van der Waals surface area contributed by atoms with Gasteiger partial charge in [-0.25, -0.2) is 4.39 Å². The van der Waals surface area contributed by atoms with E-state index in [4.69, 9.17) is 23.2 Å². The Morgan fingerprint density at radius 1 is 1.13 bits per heavy atom. The van der Waals surface area contributed by atoms with Crippen molar-refractivity contribution >= 4 is 46.8 Å². The van der Waals surface area contributed by atoms with E-state index in [1.54, 1.807) is 35.2 Å². The third kappa shape index (κ3) is 8.02. The molecular formula is C23H27Cl2FN2O2S. The molecule has 31 heavy (non-hydrogen) atoms. The van der Waals surface area contributed by atoms with Crippen molar-refractivity contribution in [3.8, 4) is 0 Å². The number of benzene rings is 2. The molecule has 2 amide bonds. The van der Waals surface area contributed by atoms with Crippen LogP contribution >= 0.6 is 35.0 Å². The second kappa shape index (κ2) is 12.3. The zero-order valence-corrected chi connectivity index (χ0v) is 20.2. The van der Waals surface area contributed by atoms with Gasteiger partial charge in [-0.05, 0) is 55.7 Å². The summed E-state index contributed by atoms with van der Waals surface area (Å²) in [6.45, 7) is 5.84. The molecule has 0 radical (unpaired) electrons. The van der Waals surface area contributed by atoms with Gasteiger partial charge in [0.1, 0.15) is 11.9 Å². The summed E-state index contributed by atoms with van der Waals surface area (Å²) < 4.78 is 13.1. The van der Waals surface area contributed by atoms with Gasteiger partial charge >= 0.3 is 0 Å². The number of thioether (sulfide) groups is 1. The van der Waals surface area contributed by atoms with Gasteiger partial charge in [-0.1, -0.05) is 48.3 Å². The van der Waals surface area contributed by atoms with Gasteiger partial charge in [-0.15, -0.1) is 11.8 Å². The van der Waals surface area contributed by atoms with E-state index in [0.29, 0.717) is 22.2 Å². The molecule has 2 aromatic carbocycles. The summed E-state index contributed by atoms with van der Waals surface area (Å²) in [6, 6.07) is 10.6. The Kier molecular flexibility index (Phi) is 10.1. The molecule has 0 heterocycles. The highest BCUT2D eigenvalue weighted by Gasteiger charge is 2.29. The summed E-state index contributed by atoms with van der Waals surface area (Å²) in [5.74, 6) is 0.103. The zero-order chi connectivity index (χ0) is 23.0. The number of nitrogens with zero attached hydrogens (tertiary/aromatic N) is 1. The summed E-state index contributed by atoms with van der Waals surface area (Å²) in [7, 11) is 0. The van der Waals surface area contributed by atoms with Crippen LogP contribution in [0.3, 0.4) is 0 Å². The number of carbonyl (C=O) groups excluding carboxylic acids is 2. The van der Waals surface area contributed by atoms with Crippen molar-refractivity contribution in [3.05, 3.63) is 69.5 Å². The molecule has 4 nitrogen and oxygen atoms in total. The summed E-state index contributed by atoms with van der Waals surface area (Å²) in [6.07, 6.45) is 0.470. The molecule has 0 aliphatic carbocycles. The van der Waals surface area contributed by atoms with Crippen LogP contribution in [-0.2, 0) is 21.9 Å². The molecule has 2 rings (SSSR count). The van der Waals surface area contributed by atoms with Crippen LogP contribution in [0.2, 0.25) is 10.0 Å². The van der Waals surface area contributed by atoms with Gasteiger partial charge in [0, 0.05) is 28.4 Å². The first-order chi connectivity index (χ1) is 14.7. The molecule has 1 unspecified atom stereocenters. The van der Waals surface area contributed by atoms with Crippen molar-refractivity contribution in [1.82, 2.24) is 10.2 Å².